The largest absolute Gasteiger partial charge is 0.491 e. The van der Waals surface area contributed by atoms with Crippen LogP contribution in [0.15, 0.2) is 72.9 Å². The molecule has 0 saturated carbocycles. The molecule has 1 aromatic heterocycles. The van der Waals surface area contributed by atoms with Crippen LogP contribution < -0.4 is 10.1 Å². The van der Waals surface area contributed by atoms with E-state index in [0.717, 1.165) is 48.4 Å². The third kappa shape index (κ3) is 6.63. The molecule has 1 aliphatic rings. The Kier molecular flexibility index (Phi) is 7.70. The number of aliphatic hydroxyl groups is 1. The molecular weight excluding hydrogens is 414 g/mol. The van der Waals surface area contributed by atoms with Crippen molar-refractivity contribution < 1.29 is 14.6 Å². The fourth-order valence-corrected chi connectivity index (χ4v) is 4.13. The number of rotatable bonds is 8. The predicted octanol–water partition coefficient (Wildman–Crippen LogP) is 4.15. The van der Waals surface area contributed by atoms with Crippen LogP contribution in [0.25, 0.3) is 11.1 Å². The molecule has 1 aliphatic heterocycles. The number of nitrogens with zero attached hydrogens (tertiary/aromatic N) is 2. The van der Waals surface area contributed by atoms with Gasteiger partial charge >= 0.3 is 0 Å². The van der Waals surface area contributed by atoms with Crippen molar-refractivity contribution in [3.05, 3.63) is 78.5 Å². The first-order valence-corrected chi connectivity index (χ1v) is 11.5. The number of carbonyl (C=O) groups is 1. The second kappa shape index (κ2) is 11.1. The highest BCUT2D eigenvalue weighted by Gasteiger charge is 2.26. The number of hydrogen-bond donors (Lipinski definition) is 2. The molecule has 0 spiro atoms. The van der Waals surface area contributed by atoms with Crippen LogP contribution >= 0.6 is 0 Å². The van der Waals surface area contributed by atoms with E-state index in [1.807, 2.05) is 61.5 Å². The van der Waals surface area contributed by atoms with E-state index in [-0.39, 0.29) is 18.4 Å². The number of aliphatic hydroxyl groups excluding tert-OH is 1. The van der Waals surface area contributed by atoms with Gasteiger partial charge in [0.05, 0.1) is 0 Å². The van der Waals surface area contributed by atoms with Gasteiger partial charge in [-0.05, 0) is 73.8 Å². The van der Waals surface area contributed by atoms with Gasteiger partial charge in [-0.1, -0.05) is 42.5 Å². The molecule has 1 fully saturated rings. The van der Waals surface area contributed by atoms with Crippen LogP contribution in [-0.4, -0.2) is 53.2 Å². The van der Waals surface area contributed by atoms with Gasteiger partial charge in [0.1, 0.15) is 24.3 Å². The monoisotopic (exact) mass is 445 g/mol. The molecule has 1 atom stereocenters. The second-order valence-corrected chi connectivity index (χ2v) is 8.64. The van der Waals surface area contributed by atoms with Crippen LogP contribution in [0.3, 0.4) is 0 Å². The molecule has 0 bridgehead atoms. The van der Waals surface area contributed by atoms with Crippen LogP contribution in [0.2, 0.25) is 0 Å². The summed E-state index contributed by atoms with van der Waals surface area (Å²) in [5.41, 5.74) is 3.36. The highest BCUT2D eigenvalue weighted by Crippen LogP contribution is 2.23. The fourth-order valence-electron chi connectivity index (χ4n) is 4.13. The normalized spacial score (nSPS) is 15.7. The molecule has 4 rings (SSSR count). The average molecular weight is 446 g/mol. The number of pyridine rings is 1. The number of carbonyl (C=O) groups excluding carboxylic acids is 1. The smallest absolute Gasteiger partial charge is 0.228 e. The van der Waals surface area contributed by atoms with Crippen LogP contribution in [0, 0.1) is 12.8 Å². The van der Waals surface area contributed by atoms with Gasteiger partial charge in [-0.25, -0.2) is 4.98 Å². The maximum Gasteiger partial charge on any atom is 0.228 e. The topological polar surface area (TPSA) is 74.7 Å². The molecule has 1 saturated heterocycles. The molecule has 2 aromatic carbocycles. The number of amides is 1. The lowest BCUT2D eigenvalue weighted by atomic mass is 9.95. The maximum absolute atomic E-state index is 12.5. The molecule has 2 N–H and O–H groups in total. The standard InChI is InChI=1S/C27H31N3O3/c1-20-11-14-28-26(17-20)29-27(32)23-12-15-30(16-13-23)18-24(31)19-33-25-9-7-22(8-10-25)21-5-3-2-4-6-21/h2-11,14,17,23-24,31H,12-13,15-16,18-19H2,1H3,(H,28,29,32)/t24-/m0/s1. The number of hydrogen-bond acceptors (Lipinski definition) is 5. The van der Waals surface area contributed by atoms with Crippen molar-refractivity contribution in [3.8, 4) is 16.9 Å². The Morgan fingerprint density at radius 1 is 1.09 bits per heavy atom. The summed E-state index contributed by atoms with van der Waals surface area (Å²) in [6.45, 7) is 4.31. The Labute approximate surface area is 195 Å². The first-order chi connectivity index (χ1) is 16.1. The molecule has 0 unspecified atom stereocenters. The Morgan fingerprint density at radius 2 is 1.79 bits per heavy atom. The van der Waals surface area contributed by atoms with Gasteiger partial charge in [0, 0.05) is 18.7 Å². The zero-order valence-electron chi connectivity index (χ0n) is 19.0. The highest BCUT2D eigenvalue weighted by atomic mass is 16.5. The molecule has 1 amide bonds. The second-order valence-electron chi connectivity index (χ2n) is 8.64. The van der Waals surface area contributed by atoms with Gasteiger partial charge in [-0.2, -0.15) is 0 Å². The summed E-state index contributed by atoms with van der Waals surface area (Å²) in [5, 5.41) is 13.4. The molecule has 6 heteroatoms. The number of aryl methyl sites for hydroxylation is 1. The van der Waals surface area contributed by atoms with E-state index < -0.39 is 6.10 Å². The number of aromatic nitrogens is 1. The van der Waals surface area contributed by atoms with E-state index in [0.29, 0.717) is 12.4 Å². The maximum atomic E-state index is 12.5. The predicted molar refractivity (Wildman–Crippen MR) is 130 cm³/mol. The summed E-state index contributed by atoms with van der Waals surface area (Å²) in [7, 11) is 0. The number of likely N-dealkylation sites (tertiary alicyclic amines) is 1. The number of benzene rings is 2. The molecule has 3 aromatic rings. The van der Waals surface area contributed by atoms with Gasteiger partial charge in [-0.15, -0.1) is 0 Å². The molecule has 33 heavy (non-hydrogen) atoms. The zero-order chi connectivity index (χ0) is 23.0. The molecular formula is C27H31N3O3. The molecule has 172 valence electrons. The van der Waals surface area contributed by atoms with Crippen molar-refractivity contribution in [1.29, 1.82) is 0 Å². The van der Waals surface area contributed by atoms with Gasteiger partial charge < -0.3 is 20.1 Å². The van der Waals surface area contributed by atoms with E-state index in [1.54, 1.807) is 6.20 Å². The van der Waals surface area contributed by atoms with Crippen LogP contribution in [0.4, 0.5) is 5.82 Å². The Hall–Kier alpha value is -3.22. The van der Waals surface area contributed by atoms with Crippen LogP contribution in [-0.2, 0) is 4.79 Å². The van der Waals surface area contributed by atoms with Crippen molar-refractivity contribution in [1.82, 2.24) is 9.88 Å². The first kappa shape index (κ1) is 23.0. The summed E-state index contributed by atoms with van der Waals surface area (Å²) >= 11 is 0. The molecule has 0 aliphatic carbocycles. The number of anilines is 1. The van der Waals surface area contributed by atoms with Gasteiger partial charge in [-0.3, -0.25) is 4.79 Å². The van der Waals surface area contributed by atoms with Crippen molar-refractivity contribution in [2.24, 2.45) is 5.92 Å². The van der Waals surface area contributed by atoms with E-state index in [4.69, 9.17) is 4.74 Å². The molecule has 6 nitrogen and oxygen atoms in total. The van der Waals surface area contributed by atoms with Crippen molar-refractivity contribution >= 4 is 11.7 Å². The van der Waals surface area contributed by atoms with Crippen molar-refractivity contribution in [3.63, 3.8) is 0 Å². The van der Waals surface area contributed by atoms with Crippen molar-refractivity contribution in [2.45, 2.75) is 25.9 Å². The third-order valence-electron chi connectivity index (χ3n) is 6.00. The fraction of sp³-hybridized carbons (Fsp3) is 0.333. The Morgan fingerprint density at radius 3 is 2.48 bits per heavy atom. The minimum absolute atomic E-state index is 0.0237. The van der Waals surface area contributed by atoms with Gasteiger partial charge in [0.2, 0.25) is 5.91 Å². The number of ether oxygens (including phenoxy) is 1. The minimum Gasteiger partial charge on any atom is -0.491 e. The lowest BCUT2D eigenvalue weighted by Gasteiger charge is -2.32. The zero-order valence-corrected chi connectivity index (χ0v) is 19.0. The third-order valence-corrected chi connectivity index (χ3v) is 6.00. The van der Waals surface area contributed by atoms with Gasteiger partial charge in [0.15, 0.2) is 0 Å². The Balaban J connectivity index is 1.18. The van der Waals surface area contributed by atoms with E-state index in [1.165, 1.54) is 0 Å². The van der Waals surface area contributed by atoms with E-state index in [9.17, 15) is 9.90 Å². The van der Waals surface area contributed by atoms with E-state index in [2.05, 4.69) is 27.3 Å². The number of nitrogens with one attached hydrogen (secondary N) is 1. The summed E-state index contributed by atoms with van der Waals surface area (Å²) in [6, 6.07) is 21.9. The summed E-state index contributed by atoms with van der Waals surface area (Å²) in [5.74, 6) is 1.34. The Bertz CT molecular complexity index is 1030. The minimum atomic E-state index is -0.583. The SMILES string of the molecule is Cc1ccnc(NC(=O)C2CCN(C[C@H](O)COc3ccc(-c4ccccc4)cc3)CC2)c1. The summed E-state index contributed by atoms with van der Waals surface area (Å²) < 4.78 is 5.79. The quantitative estimate of drug-likeness (QED) is 0.545. The molecule has 2 heterocycles. The summed E-state index contributed by atoms with van der Waals surface area (Å²) in [4.78, 5) is 18.9. The van der Waals surface area contributed by atoms with Crippen LogP contribution in [0.5, 0.6) is 5.75 Å². The number of piperidine rings is 1. The number of β-amino-alcohol motifs (C(OH)–C–C–N with tert-alkyl or cyclic N) is 1. The molecule has 0 radical (unpaired) electrons. The van der Waals surface area contributed by atoms with Gasteiger partial charge in [0.25, 0.3) is 0 Å². The summed E-state index contributed by atoms with van der Waals surface area (Å²) in [6.07, 6.45) is 2.66. The first-order valence-electron chi connectivity index (χ1n) is 11.5. The van der Waals surface area contributed by atoms with Crippen molar-refractivity contribution in [2.75, 3.05) is 31.6 Å². The van der Waals surface area contributed by atoms with E-state index >= 15 is 0 Å². The lowest BCUT2D eigenvalue weighted by Crippen LogP contribution is -2.42. The lowest BCUT2D eigenvalue weighted by molar-refractivity contribution is -0.121. The van der Waals surface area contributed by atoms with Crippen LogP contribution in [0.1, 0.15) is 18.4 Å². The highest BCUT2D eigenvalue weighted by molar-refractivity contribution is 5.91. The average Bonchev–Trinajstić information content (AvgIpc) is 2.84.